The Hall–Kier alpha value is -14.0. The average molecular weight is 1230 g/mol. The maximum atomic E-state index is 15.4. The molecule has 94 heavy (non-hydrogen) atoms. The van der Waals surface area contributed by atoms with Gasteiger partial charge >= 0.3 is 12.4 Å². The molecule has 0 N–H and O–H groups in total. The van der Waals surface area contributed by atoms with E-state index in [-0.39, 0.29) is 72.6 Å². The Labute approximate surface area is 530 Å². The number of aromatic nitrogens is 2. The monoisotopic (exact) mass is 1230 g/mol. The second kappa shape index (κ2) is 22.9. The molecule has 13 rings (SSSR count). The normalized spacial score (nSPS) is 11.2. The Morgan fingerprint density at radius 3 is 0.840 bits per heavy atom. The van der Waals surface area contributed by atoms with Gasteiger partial charge in [-0.2, -0.15) is 73.7 Å². The molecular weight excluding hydrogens is 1190 g/mol. The van der Waals surface area contributed by atoms with Crippen molar-refractivity contribution in [3.63, 3.8) is 0 Å². The fraction of sp³-hybridized carbons (Fsp3) is 0.0260. The molecule has 0 saturated heterocycles. The third kappa shape index (κ3) is 10.3. The van der Waals surface area contributed by atoms with Gasteiger partial charge in [-0.15, -0.1) is 0 Å². The zero-order valence-electron chi connectivity index (χ0n) is 48.2. The van der Waals surface area contributed by atoms with Gasteiger partial charge in [0.2, 0.25) is 0 Å². The van der Waals surface area contributed by atoms with Gasteiger partial charge in [-0.25, -0.2) is 0 Å². The highest BCUT2D eigenvalue weighted by Gasteiger charge is 2.41. The first-order valence-electron chi connectivity index (χ1n) is 28.3. The van der Waals surface area contributed by atoms with Crippen LogP contribution >= 0.6 is 0 Å². The van der Waals surface area contributed by atoms with Crippen LogP contribution in [0.5, 0.6) is 0 Å². The molecule has 17 heteroatoms. The van der Waals surface area contributed by atoms with E-state index in [9.17, 15) is 47.4 Å². The molecule has 13 aromatic rings. The summed E-state index contributed by atoms with van der Waals surface area (Å²) in [5.74, 6) is 0. The summed E-state index contributed by atoms with van der Waals surface area (Å²) in [6.45, 7) is 0. The Kier molecular flexibility index (Phi) is 14.4. The highest BCUT2D eigenvalue weighted by atomic mass is 19.4. The molecule has 0 bridgehead atoms. The van der Waals surface area contributed by atoms with Crippen LogP contribution < -0.4 is 0 Å². The van der Waals surface area contributed by atoms with Gasteiger partial charge < -0.3 is 9.13 Å². The van der Waals surface area contributed by atoms with Crippen molar-refractivity contribution in [2.75, 3.05) is 0 Å². The van der Waals surface area contributed by atoms with Crippen molar-refractivity contribution in [3.8, 4) is 133 Å². The molecule has 0 aliphatic rings. The number of nitrogens with zero attached hydrogens (tertiary/aromatic N) is 11. The average Bonchev–Trinajstić information content (AvgIpc) is 1.52. The van der Waals surface area contributed by atoms with Crippen LogP contribution in [0.15, 0.2) is 200 Å². The molecule has 2 aromatic heterocycles. The Morgan fingerprint density at radius 2 is 0.543 bits per heavy atom. The Morgan fingerprint density at radius 1 is 0.245 bits per heavy atom. The van der Waals surface area contributed by atoms with Crippen molar-refractivity contribution >= 4 is 43.6 Å². The predicted molar refractivity (Wildman–Crippen MR) is 340 cm³/mol. The van der Waals surface area contributed by atoms with E-state index in [1.165, 1.54) is 48.5 Å². The summed E-state index contributed by atoms with van der Waals surface area (Å²) in [5.41, 5.74) is 3.93. The summed E-state index contributed by atoms with van der Waals surface area (Å²) in [4.78, 5) is 0. The van der Waals surface area contributed by atoms with Crippen LogP contribution in [-0.2, 0) is 12.4 Å². The van der Waals surface area contributed by atoms with Crippen molar-refractivity contribution in [1.29, 1.82) is 47.4 Å². The zero-order valence-corrected chi connectivity index (χ0v) is 48.2. The van der Waals surface area contributed by atoms with Crippen molar-refractivity contribution in [2.45, 2.75) is 12.4 Å². The fourth-order valence-electron chi connectivity index (χ4n) is 12.4. The summed E-state index contributed by atoms with van der Waals surface area (Å²) < 4.78 is 95.9. The first-order valence-corrected chi connectivity index (χ1v) is 28.3. The minimum atomic E-state index is -5.29. The van der Waals surface area contributed by atoms with Crippen molar-refractivity contribution in [3.05, 3.63) is 261 Å². The fourth-order valence-corrected chi connectivity index (χ4v) is 12.4. The molecule has 0 spiro atoms. The van der Waals surface area contributed by atoms with Crippen molar-refractivity contribution in [1.82, 2.24) is 9.13 Å². The minimum absolute atomic E-state index is 0.0766. The van der Waals surface area contributed by atoms with Crippen LogP contribution in [0, 0.1) is 102 Å². The number of benzene rings is 11. The SMILES string of the molecule is N#Cc1cc(C#N)cc(-c2ccc3c(c2)c2cc(-c4cc(C#N)cc(C#N)c4)ccc2n3-c2ccc(-c3c(C(F)(F)F)cccc3C(F)(F)F)cc2-c2ccc(C#N)cc2-n2c3ccc(-c4cc(C#N)cc(C#N)c4)cc3c3cc(-c4cc(C#N)cc(C#N)c4)ccc32)c1. The molecule has 11 aromatic carbocycles. The molecule has 0 saturated carbocycles. The van der Waals surface area contributed by atoms with Gasteiger partial charge in [-0.1, -0.05) is 42.5 Å². The topological polar surface area (TPSA) is 224 Å². The van der Waals surface area contributed by atoms with E-state index in [1.54, 1.807) is 114 Å². The summed E-state index contributed by atoms with van der Waals surface area (Å²) in [6, 6.07) is 69.5. The number of fused-ring (bicyclic) bond motifs is 6. The summed E-state index contributed by atoms with van der Waals surface area (Å²) in [7, 11) is 0. The standard InChI is InChI=1S/C77H33F6N11/c78-76(79,80)67-2-1-3-68(77(81,82)83)75(67)56-9-15-69(93-70-11-5-52(57-20-44(35-85)16-45(21-57)36-86)29-63(70)64-30-53(6-12-71(64)93)58-22-46(37-87)17-47(23-58)38-88)62(33-56)61-10-4-43(34-84)28-74(61)94-72-13-7-54(59-24-48(39-89)18-49(25-59)40-90)31-65(72)66-32-55(8-14-73(66)94)60-26-50(41-91)19-51(27-60)42-92/h1-33H. The lowest BCUT2D eigenvalue weighted by atomic mass is 9.90. The van der Waals surface area contributed by atoms with E-state index in [0.29, 0.717) is 106 Å². The van der Waals surface area contributed by atoms with E-state index in [1.807, 2.05) is 28.8 Å². The van der Waals surface area contributed by atoms with Crippen LogP contribution in [0.3, 0.4) is 0 Å². The number of rotatable bonds is 8. The molecular formula is C77H33F6N11. The third-order valence-corrected chi connectivity index (χ3v) is 16.5. The van der Waals surface area contributed by atoms with Crippen molar-refractivity contribution < 1.29 is 26.3 Å². The molecule has 2 heterocycles. The van der Waals surface area contributed by atoms with Crippen LogP contribution in [0.1, 0.15) is 61.2 Å². The highest BCUT2D eigenvalue weighted by Crippen LogP contribution is 2.49. The molecule has 0 aliphatic carbocycles. The summed E-state index contributed by atoms with van der Waals surface area (Å²) in [6.07, 6.45) is -10.6. The molecule has 0 unspecified atom stereocenters. The molecule has 0 aliphatic heterocycles. The molecule has 0 amide bonds. The minimum Gasteiger partial charge on any atom is -0.309 e. The van der Waals surface area contributed by atoms with Gasteiger partial charge in [-0.3, -0.25) is 0 Å². The van der Waals surface area contributed by atoms with Gasteiger partial charge in [0.1, 0.15) is 0 Å². The second-order valence-corrected chi connectivity index (χ2v) is 22.0. The zero-order chi connectivity index (χ0) is 65.9. The molecule has 0 radical (unpaired) electrons. The van der Waals surface area contributed by atoms with Crippen LogP contribution in [-0.4, -0.2) is 9.13 Å². The van der Waals surface area contributed by atoms with Crippen LogP contribution in [0.2, 0.25) is 0 Å². The number of alkyl halides is 6. The number of hydrogen-bond acceptors (Lipinski definition) is 9. The maximum absolute atomic E-state index is 15.4. The number of nitriles is 9. The van der Waals surface area contributed by atoms with Gasteiger partial charge in [0.25, 0.3) is 0 Å². The number of halogens is 6. The van der Waals surface area contributed by atoms with E-state index in [4.69, 9.17) is 0 Å². The summed E-state index contributed by atoms with van der Waals surface area (Å²) in [5, 5.41) is 93.2. The quantitative estimate of drug-likeness (QED) is 0.132. The molecule has 0 atom stereocenters. The van der Waals surface area contributed by atoms with Gasteiger partial charge in [-0.05, 0) is 208 Å². The highest BCUT2D eigenvalue weighted by molar-refractivity contribution is 6.14. The van der Waals surface area contributed by atoms with E-state index < -0.39 is 34.6 Å². The van der Waals surface area contributed by atoms with Gasteiger partial charge in [0.15, 0.2) is 0 Å². The van der Waals surface area contributed by atoms with Crippen molar-refractivity contribution in [2.24, 2.45) is 0 Å². The lowest BCUT2D eigenvalue weighted by Gasteiger charge is -2.22. The first-order chi connectivity index (χ1) is 45.4. The Balaban J connectivity index is 1.16. The summed E-state index contributed by atoms with van der Waals surface area (Å²) >= 11 is 0. The van der Waals surface area contributed by atoms with E-state index in [0.717, 1.165) is 0 Å². The van der Waals surface area contributed by atoms with Crippen LogP contribution in [0.4, 0.5) is 26.3 Å². The van der Waals surface area contributed by atoms with E-state index >= 15 is 26.3 Å². The van der Waals surface area contributed by atoms with Gasteiger partial charge in [0.05, 0.1) is 149 Å². The third-order valence-electron chi connectivity index (χ3n) is 16.5. The van der Waals surface area contributed by atoms with E-state index in [2.05, 4.69) is 54.6 Å². The van der Waals surface area contributed by atoms with Crippen LogP contribution in [0.25, 0.3) is 122 Å². The predicted octanol–water partition coefficient (Wildman–Crippen LogP) is 18.8. The maximum Gasteiger partial charge on any atom is 0.417 e. The lowest BCUT2D eigenvalue weighted by molar-refractivity contribution is -0.142. The Bertz CT molecular complexity index is 5490. The lowest BCUT2D eigenvalue weighted by Crippen LogP contribution is -2.14. The van der Waals surface area contributed by atoms with Gasteiger partial charge in [0, 0.05) is 38.2 Å². The molecule has 11 nitrogen and oxygen atoms in total. The molecule has 438 valence electrons. The first kappa shape index (κ1) is 59.0. The molecule has 0 fully saturated rings. The smallest absolute Gasteiger partial charge is 0.309 e. The largest absolute Gasteiger partial charge is 0.417 e. The number of hydrogen-bond donors (Lipinski definition) is 0. The second-order valence-electron chi connectivity index (χ2n) is 22.0.